The number of carbonyl (C=O) groups is 2. The van der Waals surface area contributed by atoms with Crippen LogP contribution in [0.3, 0.4) is 0 Å². The molecule has 0 aromatic rings. The number of hydrogen-bond acceptors (Lipinski definition) is 3. The van der Waals surface area contributed by atoms with Gasteiger partial charge in [0.05, 0.1) is 0 Å². The number of nitrogens with one attached hydrogen (secondary N) is 1. The Kier molecular flexibility index (Phi) is 3.59. The van der Waals surface area contributed by atoms with Gasteiger partial charge in [-0.1, -0.05) is 19.9 Å². The van der Waals surface area contributed by atoms with Gasteiger partial charge < -0.3 is 10.1 Å². The van der Waals surface area contributed by atoms with Crippen LogP contribution in [0.1, 0.15) is 65.7 Å². The van der Waals surface area contributed by atoms with E-state index in [0.29, 0.717) is 24.2 Å². The Morgan fingerprint density at radius 1 is 1.21 bits per heavy atom. The van der Waals surface area contributed by atoms with Crippen LogP contribution in [0, 0.1) is 28.6 Å². The highest BCUT2D eigenvalue weighted by Gasteiger charge is 2.59. The molecule has 3 fully saturated rings. The second-order valence-corrected chi connectivity index (χ2v) is 8.92. The number of piperidine rings is 1. The van der Waals surface area contributed by atoms with Gasteiger partial charge in [-0.25, -0.2) is 0 Å². The smallest absolute Gasteiger partial charge is 0.302 e. The summed E-state index contributed by atoms with van der Waals surface area (Å²) in [5.74, 6) is 1.97. The summed E-state index contributed by atoms with van der Waals surface area (Å²) in [5, 5.41) is 3.15. The molecule has 4 nitrogen and oxygen atoms in total. The first-order chi connectivity index (χ1) is 11.3. The van der Waals surface area contributed by atoms with Crippen LogP contribution in [0.2, 0.25) is 0 Å². The van der Waals surface area contributed by atoms with Gasteiger partial charge in [0, 0.05) is 29.9 Å². The van der Waals surface area contributed by atoms with Crippen molar-refractivity contribution < 1.29 is 14.3 Å². The van der Waals surface area contributed by atoms with Crippen molar-refractivity contribution in [3.63, 3.8) is 0 Å². The largest absolute Gasteiger partial charge is 0.462 e. The summed E-state index contributed by atoms with van der Waals surface area (Å²) in [6.45, 7) is 6.23. The van der Waals surface area contributed by atoms with Crippen molar-refractivity contribution in [2.75, 3.05) is 0 Å². The molecule has 0 spiro atoms. The second-order valence-electron chi connectivity index (χ2n) is 8.92. The van der Waals surface area contributed by atoms with E-state index in [9.17, 15) is 9.59 Å². The molecule has 6 atom stereocenters. The van der Waals surface area contributed by atoms with Crippen LogP contribution in [-0.2, 0) is 14.3 Å². The monoisotopic (exact) mass is 331 g/mol. The lowest BCUT2D eigenvalue weighted by molar-refractivity contribution is -0.156. The van der Waals surface area contributed by atoms with Crippen LogP contribution in [0.15, 0.2) is 11.8 Å². The molecular formula is C20H29NO3. The van der Waals surface area contributed by atoms with E-state index in [1.807, 2.05) is 0 Å². The third-order valence-corrected chi connectivity index (χ3v) is 7.83. The van der Waals surface area contributed by atoms with E-state index in [1.54, 1.807) is 0 Å². The molecular weight excluding hydrogens is 302 g/mol. The number of hydrogen-bond donors (Lipinski definition) is 1. The minimum Gasteiger partial charge on any atom is -0.462 e. The average molecular weight is 331 g/mol. The highest BCUT2D eigenvalue weighted by atomic mass is 16.5. The minimum atomic E-state index is -0.142. The van der Waals surface area contributed by atoms with Gasteiger partial charge in [0.2, 0.25) is 5.91 Å². The summed E-state index contributed by atoms with van der Waals surface area (Å²) in [6, 6.07) is 0. The summed E-state index contributed by atoms with van der Waals surface area (Å²) in [4.78, 5) is 23.3. The number of ether oxygens (including phenoxy) is 1. The molecule has 132 valence electrons. The molecule has 0 aromatic carbocycles. The van der Waals surface area contributed by atoms with E-state index >= 15 is 0 Å². The van der Waals surface area contributed by atoms with Crippen molar-refractivity contribution in [2.45, 2.75) is 71.8 Å². The van der Waals surface area contributed by atoms with Gasteiger partial charge in [0.1, 0.15) is 6.10 Å². The van der Waals surface area contributed by atoms with Crippen LogP contribution in [0.25, 0.3) is 0 Å². The Labute approximate surface area is 144 Å². The molecule has 0 bridgehead atoms. The molecule has 2 saturated carbocycles. The first kappa shape index (κ1) is 16.2. The molecule has 4 aliphatic rings. The number of rotatable bonds is 1. The Morgan fingerprint density at radius 2 is 2.00 bits per heavy atom. The molecule has 0 radical (unpaired) electrons. The van der Waals surface area contributed by atoms with Crippen molar-refractivity contribution in [3.05, 3.63) is 11.8 Å². The summed E-state index contributed by atoms with van der Waals surface area (Å²) in [6.07, 6.45) is 9.55. The fourth-order valence-electron chi connectivity index (χ4n) is 6.54. The number of carbonyl (C=O) groups excluding carboxylic acids is 2. The molecule has 1 N–H and O–H groups in total. The maximum atomic E-state index is 11.8. The molecule has 24 heavy (non-hydrogen) atoms. The Morgan fingerprint density at radius 3 is 2.75 bits per heavy atom. The second kappa shape index (κ2) is 5.34. The van der Waals surface area contributed by atoms with Crippen LogP contribution in [-0.4, -0.2) is 18.0 Å². The van der Waals surface area contributed by atoms with E-state index in [4.69, 9.17) is 4.74 Å². The van der Waals surface area contributed by atoms with Crippen molar-refractivity contribution >= 4 is 11.9 Å². The van der Waals surface area contributed by atoms with Crippen LogP contribution >= 0.6 is 0 Å². The van der Waals surface area contributed by atoms with Gasteiger partial charge in [-0.05, 0) is 56.3 Å². The predicted molar refractivity (Wildman–Crippen MR) is 90.8 cm³/mol. The van der Waals surface area contributed by atoms with E-state index in [-0.39, 0.29) is 28.8 Å². The molecule has 1 saturated heterocycles. The van der Waals surface area contributed by atoms with E-state index in [1.165, 1.54) is 25.5 Å². The van der Waals surface area contributed by atoms with Crippen LogP contribution in [0.4, 0.5) is 0 Å². The highest BCUT2D eigenvalue weighted by Crippen LogP contribution is 2.64. The van der Waals surface area contributed by atoms with E-state index in [0.717, 1.165) is 25.7 Å². The molecule has 3 aliphatic carbocycles. The predicted octanol–water partition coefficient (Wildman–Crippen LogP) is 3.56. The fourth-order valence-corrected chi connectivity index (χ4v) is 6.54. The van der Waals surface area contributed by atoms with Gasteiger partial charge in [-0.15, -0.1) is 0 Å². The molecule has 0 aromatic heterocycles. The standard InChI is InChI=1S/C20H29NO3/c1-12(22)24-17-7-5-14-13-4-6-16-19(2,11-9-18(23)21-16)15(13)8-10-20(14,17)3/h6,13-15,17H,4-5,7-11H2,1-3H3,(H,21,23)/t13-,14-,15-,17-,19+,20-/m0/s1. The maximum Gasteiger partial charge on any atom is 0.302 e. The summed E-state index contributed by atoms with van der Waals surface area (Å²) in [5.41, 5.74) is 1.43. The van der Waals surface area contributed by atoms with Gasteiger partial charge in [-0.2, -0.15) is 0 Å². The SMILES string of the molecule is CC(=O)O[C@H]1CC[C@H]2[C@@H]3CC=C4NC(=O)CC[C@]4(C)[C@H]3CC[C@]12C. The lowest BCUT2D eigenvalue weighted by atomic mass is 9.50. The van der Waals surface area contributed by atoms with Gasteiger partial charge in [-0.3, -0.25) is 9.59 Å². The third-order valence-electron chi connectivity index (χ3n) is 7.83. The Hall–Kier alpha value is -1.32. The first-order valence-corrected chi connectivity index (χ1v) is 9.52. The third kappa shape index (κ3) is 2.18. The summed E-state index contributed by atoms with van der Waals surface area (Å²) >= 11 is 0. The number of fused-ring (bicyclic) bond motifs is 5. The zero-order chi connectivity index (χ0) is 17.1. The summed E-state index contributed by atoms with van der Waals surface area (Å²) in [7, 11) is 0. The maximum absolute atomic E-state index is 11.8. The molecule has 0 unspecified atom stereocenters. The fraction of sp³-hybridized carbons (Fsp3) is 0.800. The highest BCUT2D eigenvalue weighted by molar-refractivity contribution is 5.79. The normalized spacial score (nSPS) is 47.0. The average Bonchev–Trinajstić information content (AvgIpc) is 2.84. The first-order valence-electron chi connectivity index (χ1n) is 9.52. The number of amides is 1. The summed E-state index contributed by atoms with van der Waals surface area (Å²) < 4.78 is 5.70. The van der Waals surface area contributed by atoms with Crippen molar-refractivity contribution in [1.82, 2.24) is 5.32 Å². The van der Waals surface area contributed by atoms with Gasteiger partial charge in [0.15, 0.2) is 0 Å². The number of esters is 1. The van der Waals surface area contributed by atoms with E-state index < -0.39 is 0 Å². The van der Waals surface area contributed by atoms with Crippen LogP contribution < -0.4 is 5.32 Å². The van der Waals surface area contributed by atoms with Gasteiger partial charge in [0.25, 0.3) is 0 Å². The zero-order valence-corrected chi connectivity index (χ0v) is 15.1. The lowest BCUT2D eigenvalue weighted by Crippen LogP contribution is -2.54. The molecule has 4 rings (SSSR count). The Bertz CT molecular complexity index is 612. The minimum absolute atomic E-state index is 0.0881. The zero-order valence-electron chi connectivity index (χ0n) is 15.1. The van der Waals surface area contributed by atoms with E-state index in [2.05, 4.69) is 25.2 Å². The lowest BCUT2D eigenvalue weighted by Gasteiger charge is -2.56. The van der Waals surface area contributed by atoms with Crippen molar-refractivity contribution in [1.29, 1.82) is 0 Å². The molecule has 1 aliphatic heterocycles. The van der Waals surface area contributed by atoms with Crippen molar-refractivity contribution in [2.24, 2.45) is 28.6 Å². The quantitative estimate of drug-likeness (QED) is 0.747. The number of allylic oxidation sites excluding steroid dienone is 2. The Balaban J connectivity index is 1.63. The van der Waals surface area contributed by atoms with Crippen molar-refractivity contribution in [3.8, 4) is 0 Å². The van der Waals surface area contributed by atoms with Gasteiger partial charge >= 0.3 is 5.97 Å². The topological polar surface area (TPSA) is 55.4 Å². The molecule has 1 amide bonds. The van der Waals surface area contributed by atoms with Crippen LogP contribution in [0.5, 0.6) is 0 Å². The molecule has 1 heterocycles. The molecule has 4 heteroatoms.